The van der Waals surface area contributed by atoms with E-state index in [0.717, 1.165) is 34.0 Å². The van der Waals surface area contributed by atoms with Crippen LogP contribution >= 0.6 is 11.8 Å². The second kappa shape index (κ2) is 10.4. The number of nitrogens with zero attached hydrogens (tertiary/aromatic N) is 2. The van der Waals surface area contributed by atoms with Gasteiger partial charge in [-0.25, -0.2) is 0 Å². The number of alkyl halides is 3. The third-order valence-electron chi connectivity index (χ3n) is 5.33. The first-order chi connectivity index (χ1) is 16.7. The molecule has 11 heteroatoms. The van der Waals surface area contributed by atoms with Crippen LogP contribution in [-0.4, -0.2) is 52.5 Å². The molecule has 0 aliphatic carbocycles. The molecule has 35 heavy (non-hydrogen) atoms. The Morgan fingerprint density at radius 1 is 1.17 bits per heavy atom. The number of thioether (sulfide) groups is 1. The molecule has 2 aromatic carbocycles. The molecular formula is C24H20F3N2O5S+. The fourth-order valence-electron chi connectivity index (χ4n) is 3.52. The average Bonchev–Trinajstić information content (AvgIpc) is 3.47. The number of carbonyl (C=O) groups is 3. The van der Waals surface area contributed by atoms with Crippen molar-refractivity contribution >= 4 is 41.3 Å². The van der Waals surface area contributed by atoms with Gasteiger partial charge in [-0.1, -0.05) is 41.0 Å². The van der Waals surface area contributed by atoms with Crippen LogP contribution in [0.2, 0.25) is 0 Å². The van der Waals surface area contributed by atoms with Crippen molar-refractivity contribution < 1.29 is 41.6 Å². The Hall–Kier alpha value is -3.47. The van der Waals surface area contributed by atoms with Crippen molar-refractivity contribution in [2.24, 2.45) is 4.99 Å². The Kier molecular flexibility index (Phi) is 7.34. The van der Waals surface area contributed by atoms with Crippen LogP contribution in [0.1, 0.15) is 29.2 Å². The fraction of sp³-hybridized carbons (Fsp3) is 0.292. The van der Waals surface area contributed by atoms with Gasteiger partial charge in [-0.3, -0.25) is 9.59 Å². The van der Waals surface area contributed by atoms with E-state index in [1.54, 1.807) is 24.3 Å². The summed E-state index contributed by atoms with van der Waals surface area (Å²) in [5.41, 5.74) is 0.0949. The number of benzene rings is 2. The normalized spacial score (nSPS) is 18.5. The monoisotopic (exact) mass is 505 g/mol. The Morgan fingerprint density at radius 2 is 1.94 bits per heavy atom. The zero-order chi connectivity index (χ0) is 25.0. The molecule has 2 heterocycles. The van der Waals surface area contributed by atoms with Crippen LogP contribution in [0.5, 0.6) is 5.75 Å². The Bertz CT molecular complexity index is 1190. The van der Waals surface area contributed by atoms with Crippen molar-refractivity contribution in [2.45, 2.75) is 30.4 Å². The van der Waals surface area contributed by atoms with Crippen LogP contribution < -0.4 is 4.74 Å². The van der Waals surface area contributed by atoms with E-state index in [4.69, 9.17) is 9.47 Å². The fourth-order valence-corrected chi connectivity index (χ4v) is 4.55. The molecule has 4 rings (SSSR count). The molecule has 0 saturated carbocycles. The maximum atomic E-state index is 13.2. The van der Waals surface area contributed by atoms with E-state index in [1.165, 1.54) is 24.7 Å². The van der Waals surface area contributed by atoms with E-state index in [1.807, 2.05) is 0 Å². The smallest absolute Gasteiger partial charge is 0.489 e. The minimum Gasteiger partial charge on any atom is -0.489 e. The van der Waals surface area contributed by atoms with Crippen LogP contribution in [0.3, 0.4) is 0 Å². The van der Waals surface area contributed by atoms with Gasteiger partial charge >= 0.3 is 12.3 Å². The summed E-state index contributed by atoms with van der Waals surface area (Å²) in [5, 5.41) is -0.530. The molecule has 2 aliphatic heterocycles. The number of ether oxygens (including phenoxy) is 2. The molecule has 1 amide bonds. The highest BCUT2D eigenvalue weighted by Gasteiger charge is 2.33. The lowest BCUT2D eigenvalue weighted by Crippen LogP contribution is -2.25. The molecule has 0 aromatic heterocycles. The molecule has 0 bridgehead atoms. The van der Waals surface area contributed by atoms with Gasteiger partial charge in [-0.05, 0) is 41.8 Å². The van der Waals surface area contributed by atoms with Gasteiger partial charge < -0.3 is 9.47 Å². The van der Waals surface area contributed by atoms with E-state index in [2.05, 4.69) is 4.99 Å². The van der Waals surface area contributed by atoms with Gasteiger partial charge in [-0.15, -0.1) is 4.58 Å². The summed E-state index contributed by atoms with van der Waals surface area (Å²) in [6.45, 7) is 0.0636. The van der Waals surface area contributed by atoms with Crippen molar-refractivity contribution in [3.05, 3.63) is 65.2 Å². The number of Topliss-reactive ketones (excluding diaryl/α,β-unsaturated/α-hetero) is 1. The number of hydrogen-bond acceptors (Lipinski definition) is 7. The first kappa shape index (κ1) is 24.6. The lowest BCUT2D eigenvalue weighted by molar-refractivity contribution is -0.313. The summed E-state index contributed by atoms with van der Waals surface area (Å²) in [4.78, 5) is 39.6. The maximum absolute atomic E-state index is 13.2. The third kappa shape index (κ3) is 6.36. The number of aliphatic imine (C=N–C) groups is 1. The molecule has 2 aliphatic rings. The molecule has 2 aromatic rings. The predicted molar refractivity (Wildman–Crippen MR) is 122 cm³/mol. The molecule has 0 spiro atoms. The first-order valence-corrected chi connectivity index (χ1v) is 11.5. The molecule has 2 atom stereocenters. The summed E-state index contributed by atoms with van der Waals surface area (Å²) >= 11 is 1.04. The van der Waals surface area contributed by atoms with Crippen molar-refractivity contribution in [3.8, 4) is 5.75 Å². The van der Waals surface area contributed by atoms with Crippen molar-refractivity contribution in [3.63, 3.8) is 0 Å². The SMILES string of the molecule is O=C1CC(=O)C(Cc2ccc(OCC(OC(=O)[N+]3=CCN=C3)c3cccc(C(F)(F)F)c3)cc2)S1. The number of carbonyl (C=O) groups excluding carboxylic acids is 3. The summed E-state index contributed by atoms with van der Waals surface area (Å²) in [6.07, 6.45) is -3.36. The van der Waals surface area contributed by atoms with Gasteiger partial charge in [0.15, 0.2) is 23.5 Å². The molecule has 1 fully saturated rings. The van der Waals surface area contributed by atoms with E-state index in [9.17, 15) is 27.6 Å². The predicted octanol–water partition coefficient (Wildman–Crippen LogP) is 4.23. The van der Waals surface area contributed by atoms with Gasteiger partial charge in [0.2, 0.25) is 0 Å². The minimum absolute atomic E-state index is 0.0484. The highest BCUT2D eigenvalue weighted by atomic mass is 32.2. The zero-order valence-electron chi connectivity index (χ0n) is 18.2. The number of rotatable bonds is 7. The van der Waals surface area contributed by atoms with Crippen LogP contribution in [0.4, 0.5) is 18.0 Å². The summed E-state index contributed by atoms with van der Waals surface area (Å²) < 4.78 is 51.9. The minimum atomic E-state index is -4.56. The van der Waals surface area contributed by atoms with Crippen molar-refractivity contribution in [1.82, 2.24) is 0 Å². The quantitative estimate of drug-likeness (QED) is 0.414. The molecular weight excluding hydrogens is 485 g/mol. The second-order valence-electron chi connectivity index (χ2n) is 7.85. The first-order valence-electron chi connectivity index (χ1n) is 10.6. The maximum Gasteiger partial charge on any atom is 0.512 e. The lowest BCUT2D eigenvalue weighted by Gasteiger charge is -2.19. The Balaban J connectivity index is 1.46. The van der Waals surface area contributed by atoms with Crippen LogP contribution in [-0.2, 0) is 26.9 Å². The lowest BCUT2D eigenvalue weighted by atomic mass is 10.1. The van der Waals surface area contributed by atoms with Crippen LogP contribution in [0, 0.1) is 0 Å². The number of halogens is 3. The standard InChI is InChI=1S/C24H20F3N2O5S/c25-24(26,27)17-3-1-2-16(11-17)20(34-23(32)29-9-8-28-14-29)13-33-18-6-4-15(5-7-18)10-21-19(30)12-22(31)35-21/h1-7,9,11,14,20-21H,8,10,12-13H2/q+1. The highest BCUT2D eigenvalue weighted by molar-refractivity contribution is 8.15. The molecule has 7 nitrogen and oxygen atoms in total. The number of ketones is 1. The Labute approximate surface area is 202 Å². The van der Waals surface area contributed by atoms with Gasteiger partial charge in [0, 0.05) is 0 Å². The second-order valence-corrected chi connectivity index (χ2v) is 9.11. The van der Waals surface area contributed by atoms with E-state index in [-0.39, 0.29) is 29.5 Å². The molecule has 182 valence electrons. The number of hydrogen-bond donors (Lipinski definition) is 0. The largest absolute Gasteiger partial charge is 0.512 e. The molecule has 0 radical (unpaired) electrons. The molecule has 1 saturated heterocycles. The van der Waals surface area contributed by atoms with Gasteiger partial charge in [0.1, 0.15) is 18.6 Å². The van der Waals surface area contributed by atoms with Gasteiger partial charge in [0.05, 0.1) is 17.2 Å². The van der Waals surface area contributed by atoms with E-state index >= 15 is 0 Å². The summed E-state index contributed by atoms with van der Waals surface area (Å²) in [5.74, 6) is 0.309. The average molecular weight is 505 g/mol. The molecule has 2 unspecified atom stereocenters. The summed E-state index contributed by atoms with van der Waals surface area (Å²) in [6, 6.07) is 11.3. The van der Waals surface area contributed by atoms with E-state index < -0.39 is 29.2 Å². The van der Waals surface area contributed by atoms with Gasteiger partial charge in [0.25, 0.3) is 6.34 Å². The van der Waals surface area contributed by atoms with Crippen LogP contribution in [0.15, 0.2) is 53.5 Å². The number of amides is 1. The highest BCUT2D eigenvalue weighted by Crippen LogP contribution is 2.32. The summed E-state index contributed by atoms with van der Waals surface area (Å²) in [7, 11) is 0. The molecule has 0 N–H and O–H groups in total. The zero-order valence-corrected chi connectivity index (χ0v) is 19.1. The van der Waals surface area contributed by atoms with Gasteiger partial charge in [-0.2, -0.15) is 18.0 Å². The van der Waals surface area contributed by atoms with Crippen molar-refractivity contribution in [1.29, 1.82) is 0 Å². The van der Waals surface area contributed by atoms with Crippen LogP contribution in [0.25, 0.3) is 0 Å². The van der Waals surface area contributed by atoms with Crippen molar-refractivity contribution in [2.75, 3.05) is 13.2 Å². The van der Waals surface area contributed by atoms with E-state index in [0.29, 0.717) is 18.7 Å². The topological polar surface area (TPSA) is 85.0 Å². The third-order valence-corrected chi connectivity index (χ3v) is 6.45. The Morgan fingerprint density at radius 3 is 2.57 bits per heavy atom.